The van der Waals surface area contributed by atoms with Crippen molar-refractivity contribution in [3.63, 3.8) is 0 Å². The highest BCUT2D eigenvalue weighted by atomic mass is 15.1. The van der Waals surface area contributed by atoms with Crippen LogP contribution in [-0.2, 0) is 6.42 Å². The Morgan fingerprint density at radius 2 is 2.13 bits per heavy atom. The van der Waals surface area contributed by atoms with Gasteiger partial charge in [0.25, 0.3) is 0 Å². The maximum Gasteiger partial charge on any atom is 0.0159 e. The predicted octanol–water partition coefficient (Wildman–Crippen LogP) is 1.62. The van der Waals surface area contributed by atoms with Crippen LogP contribution in [0.3, 0.4) is 0 Å². The molecule has 0 aliphatic carbocycles. The highest BCUT2D eigenvalue weighted by molar-refractivity contribution is 5.03. The standard InChI is InChI=1S/C12H23N3/c1-12(2,13)7-10-15(3)9-6-11-5-4-8-14-11/h4-5,8,14H,6-7,9-10,13H2,1-3H3. The monoisotopic (exact) mass is 209 g/mol. The van der Waals surface area contributed by atoms with Gasteiger partial charge in [0.2, 0.25) is 0 Å². The molecule has 3 N–H and O–H groups in total. The zero-order valence-electron chi connectivity index (χ0n) is 10.1. The zero-order valence-corrected chi connectivity index (χ0v) is 10.1. The van der Waals surface area contributed by atoms with E-state index < -0.39 is 0 Å². The molecule has 0 fully saturated rings. The normalized spacial score (nSPS) is 12.3. The first-order chi connectivity index (χ1) is 6.97. The molecule has 0 radical (unpaired) electrons. The van der Waals surface area contributed by atoms with Crippen LogP contribution < -0.4 is 5.73 Å². The van der Waals surface area contributed by atoms with Gasteiger partial charge in [0.1, 0.15) is 0 Å². The van der Waals surface area contributed by atoms with E-state index in [0.717, 1.165) is 25.9 Å². The van der Waals surface area contributed by atoms with Crippen molar-refractivity contribution < 1.29 is 0 Å². The molecule has 3 heteroatoms. The van der Waals surface area contributed by atoms with Gasteiger partial charge in [0.15, 0.2) is 0 Å². The van der Waals surface area contributed by atoms with E-state index in [2.05, 4.69) is 36.8 Å². The van der Waals surface area contributed by atoms with Gasteiger partial charge in [-0.3, -0.25) is 0 Å². The van der Waals surface area contributed by atoms with E-state index in [1.807, 2.05) is 12.3 Å². The van der Waals surface area contributed by atoms with Crippen LogP contribution >= 0.6 is 0 Å². The number of nitrogens with two attached hydrogens (primary N) is 1. The molecule has 3 nitrogen and oxygen atoms in total. The lowest BCUT2D eigenvalue weighted by atomic mass is 10.0. The van der Waals surface area contributed by atoms with Crippen molar-refractivity contribution in [3.8, 4) is 0 Å². The summed E-state index contributed by atoms with van der Waals surface area (Å²) >= 11 is 0. The molecule has 86 valence electrons. The molecule has 0 spiro atoms. The van der Waals surface area contributed by atoms with Crippen LogP contribution in [0.25, 0.3) is 0 Å². The molecule has 0 atom stereocenters. The average molecular weight is 209 g/mol. The first-order valence-corrected chi connectivity index (χ1v) is 5.57. The molecule has 1 rings (SSSR count). The van der Waals surface area contributed by atoms with Gasteiger partial charge in [0, 0.05) is 30.4 Å². The van der Waals surface area contributed by atoms with Gasteiger partial charge in [0.05, 0.1) is 0 Å². The Morgan fingerprint density at radius 3 is 2.67 bits per heavy atom. The van der Waals surface area contributed by atoms with Crippen LogP contribution in [0.2, 0.25) is 0 Å². The van der Waals surface area contributed by atoms with Crippen molar-refractivity contribution in [1.82, 2.24) is 9.88 Å². The number of hydrogen-bond acceptors (Lipinski definition) is 2. The Morgan fingerprint density at radius 1 is 1.40 bits per heavy atom. The first-order valence-electron chi connectivity index (χ1n) is 5.57. The van der Waals surface area contributed by atoms with E-state index in [1.54, 1.807) is 0 Å². The van der Waals surface area contributed by atoms with Gasteiger partial charge >= 0.3 is 0 Å². The molecular formula is C12H23N3. The van der Waals surface area contributed by atoms with E-state index in [1.165, 1.54) is 5.69 Å². The Kier molecular flexibility index (Phi) is 4.36. The molecule has 0 aliphatic rings. The molecule has 0 aromatic carbocycles. The maximum atomic E-state index is 5.94. The fourth-order valence-corrected chi connectivity index (χ4v) is 1.43. The largest absolute Gasteiger partial charge is 0.365 e. The minimum atomic E-state index is -0.0549. The highest BCUT2D eigenvalue weighted by Gasteiger charge is 2.11. The fourth-order valence-electron chi connectivity index (χ4n) is 1.43. The van der Waals surface area contributed by atoms with Crippen LogP contribution in [0, 0.1) is 0 Å². The summed E-state index contributed by atoms with van der Waals surface area (Å²) in [4.78, 5) is 5.54. The summed E-state index contributed by atoms with van der Waals surface area (Å²) in [6, 6.07) is 4.17. The van der Waals surface area contributed by atoms with Crippen molar-refractivity contribution in [2.45, 2.75) is 32.2 Å². The number of hydrogen-bond donors (Lipinski definition) is 2. The molecule has 0 aliphatic heterocycles. The maximum absolute atomic E-state index is 5.94. The zero-order chi connectivity index (χ0) is 11.3. The van der Waals surface area contributed by atoms with Crippen LogP contribution in [-0.4, -0.2) is 35.6 Å². The summed E-state index contributed by atoms with van der Waals surface area (Å²) in [5, 5.41) is 0. The SMILES string of the molecule is CN(CCc1ccc[nH]1)CCC(C)(C)N. The number of aromatic nitrogens is 1. The highest BCUT2D eigenvalue weighted by Crippen LogP contribution is 2.05. The van der Waals surface area contributed by atoms with Gasteiger partial charge in [-0.2, -0.15) is 0 Å². The van der Waals surface area contributed by atoms with Crippen molar-refractivity contribution in [2.75, 3.05) is 20.1 Å². The quantitative estimate of drug-likeness (QED) is 0.747. The summed E-state index contributed by atoms with van der Waals surface area (Å²) in [5.74, 6) is 0. The topological polar surface area (TPSA) is 45.0 Å². The van der Waals surface area contributed by atoms with Crippen LogP contribution in [0.5, 0.6) is 0 Å². The van der Waals surface area contributed by atoms with E-state index in [4.69, 9.17) is 5.73 Å². The van der Waals surface area contributed by atoms with Gasteiger partial charge in [-0.05, 0) is 46.0 Å². The molecule has 1 heterocycles. The number of nitrogens with zero attached hydrogens (tertiary/aromatic N) is 1. The van der Waals surface area contributed by atoms with Crippen molar-refractivity contribution in [1.29, 1.82) is 0 Å². The van der Waals surface area contributed by atoms with Crippen LogP contribution in [0.1, 0.15) is 26.0 Å². The number of rotatable bonds is 6. The number of aromatic amines is 1. The molecule has 0 amide bonds. The third-order valence-electron chi connectivity index (χ3n) is 2.56. The van der Waals surface area contributed by atoms with Crippen molar-refractivity contribution >= 4 is 0 Å². The first kappa shape index (κ1) is 12.3. The fraction of sp³-hybridized carbons (Fsp3) is 0.667. The van der Waals surface area contributed by atoms with Crippen LogP contribution in [0.4, 0.5) is 0 Å². The lowest BCUT2D eigenvalue weighted by molar-refractivity contribution is 0.298. The number of H-pyrrole nitrogens is 1. The Labute approximate surface area is 92.7 Å². The Hall–Kier alpha value is -0.800. The summed E-state index contributed by atoms with van der Waals surface area (Å²) < 4.78 is 0. The summed E-state index contributed by atoms with van der Waals surface area (Å²) in [7, 11) is 2.15. The molecule has 1 aromatic rings. The van der Waals surface area contributed by atoms with E-state index in [-0.39, 0.29) is 5.54 Å². The van der Waals surface area contributed by atoms with Crippen molar-refractivity contribution in [3.05, 3.63) is 24.0 Å². The number of nitrogens with one attached hydrogen (secondary N) is 1. The minimum Gasteiger partial charge on any atom is -0.365 e. The molecule has 0 saturated carbocycles. The molecule has 0 bridgehead atoms. The molecular weight excluding hydrogens is 186 g/mol. The third-order valence-corrected chi connectivity index (χ3v) is 2.56. The second-order valence-electron chi connectivity index (χ2n) is 4.99. The minimum absolute atomic E-state index is 0.0549. The smallest absolute Gasteiger partial charge is 0.0159 e. The Bertz CT molecular complexity index is 259. The summed E-state index contributed by atoms with van der Waals surface area (Å²) in [5.41, 5.74) is 7.19. The lowest BCUT2D eigenvalue weighted by Crippen LogP contribution is -2.36. The van der Waals surface area contributed by atoms with E-state index in [9.17, 15) is 0 Å². The van der Waals surface area contributed by atoms with E-state index >= 15 is 0 Å². The summed E-state index contributed by atoms with van der Waals surface area (Å²) in [6.07, 6.45) is 4.08. The lowest BCUT2D eigenvalue weighted by Gasteiger charge is -2.23. The van der Waals surface area contributed by atoms with Gasteiger partial charge in [-0.25, -0.2) is 0 Å². The molecule has 15 heavy (non-hydrogen) atoms. The summed E-state index contributed by atoms with van der Waals surface area (Å²) in [6.45, 7) is 6.29. The van der Waals surface area contributed by atoms with Crippen LogP contribution in [0.15, 0.2) is 18.3 Å². The second-order valence-corrected chi connectivity index (χ2v) is 4.99. The van der Waals surface area contributed by atoms with Gasteiger partial charge in [-0.15, -0.1) is 0 Å². The van der Waals surface area contributed by atoms with Gasteiger partial charge < -0.3 is 15.6 Å². The Balaban J connectivity index is 2.16. The predicted molar refractivity (Wildman–Crippen MR) is 64.9 cm³/mol. The third kappa shape index (κ3) is 5.60. The van der Waals surface area contributed by atoms with Crippen molar-refractivity contribution in [2.24, 2.45) is 5.73 Å². The second kappa shape index (κ2) is 5.33. The molecule has 0 unspecified atom stereocenters. The number of likely N-dealkylation sites (N-methyl/N-ethyl adjacent to an activating group) is 1. The van der Waals surface area contributed by atoms with Gasteiger partial charge in [-0.1, -0.05) is 0 Å². The average Bonchev–Trinajstić information content (AvgIpc) is 2.62. The van der Waals surface area contributed by atoms with E-state index in [0.29, 0.717) is 0 Å². The molecule has 1 aromatic heterocycles. The molecule has 0 saturated heterocycles.